The number of hydrogen-bond donors (Lipinski definition) is 1. The fourth-order valence-electron chi connectivity index (χ4n) is 2.27. The van der Waals surface area contributed by atoms with Gasteiger partial charge >= 0.3 is 5.97 Å². The molecule has 2 aromatic rings. The van der Waals surface area contributed by atoms with Gasteiger partial charge in [0, 0.05) is 5.69 Å². The van der Waals surface area contributed by atoms with E-state index >= 15 is 0 Å². The molecule has 4 heteroatoms. The van der Waals surface area contributed by atoms with Gasteiger partial charge in [0.05, 0.1) is 5.56 Å². The molecule has 2 rings (SSSR count). The lowest BCUT2D eigenvalue weighted by atomic mass is 10.1. The first-order valence-corrected chi connectivity index (χ1v) is 7.62. The van der Waals surface area contributed by atoms with E-state index in [1.807, 2.05) is 50.2 Å². The largest absolute Gasteiger partial charge is 0.452 e. The Bertz CT molecular complexity index is 705. The van der Waals surface area contributed by atoms with E-state index in [1.54, 1.807) is 6.07 Å². The van der Waals surface area contributed by atoms with Gasteiger partial charge < -0.3 is 10.1 Å². The van der Waals surface area contributed by atoms with Crippen molar-refractivity contribution in [1.82, 2.24) is 0 Å². The Morgan fingerprint density at radius 1 is 1.04 bits per heavy atom. The van der Waals surface area contributed by atoms with E-state index in [1.165, 1.54) is 5.56 Å². The highest BCUT2D eigenvalue weighted by Gasteiger charge is 2.12. The number of rotatable bonds is 5. The minimum atomic E-state index is -0.487. The van der Waals surface area contributed by atoms with Crippen molar-refractivity contribution in [2.75, 3.05) is 11.9 Å². The van der Waals surface area contributed by atoms with Crippen LogP contribution in [0.3, 0.4) is 0 Å². The average molecular weight is 311 g/mol. The molecule has 120 valence electrons. The first-order chi connectivity index (χ1) is 11.0. The van der Waals surface area contributed by atoms with E-state index in [0.29, 0.717) is 11.3 Å². The highest BCUT2D eigenvalue weighted by molar-refractivity contribution is 5.96. The molecule has 0 aromatic heterocycles. The van der Waals surface area contributed by atoms with Crippen LogP contribution in [0.2, 0.25) is 0 Å². The molecule has 0 aliphatic heterocycles. The van der Waals surface area contributed by atoms with Crippen molar-refractivity contribution in [2.45, 2.75) is 27.2 Å². The monoisotopic (exact) mass is 311 g/mol. The second-order valence-electron chi connectivity index (χ2n) is 5.49. The van der Waals surface area contributed by atoms with Crippen LogP contribution in [0.5, 0.6) is 0 Å². The number of amides is 1. The summed E-state index contributed by atoms with van der Waals surface area (Å²) in [7, 11) is 0. The van der Waals surface area contributed by atoms with Gasteiger partial charge in [-0.1, -0.05) is 36.8 Å². The number of aryl methyl sites for hydroxylation is 3. The third-order valence-electron chi connectivity index (χ3n) is 3.58. The van der Waals surface area contributed by atoms with E-state index in [-0.39, 0.29) is 12.5 Å². The van der Waals surface area contributed by atoms with Gasteiger partial charge in [0.2, 0.25) is 0 Å². The molecule has 0 saturated heterocycles. The minimum absolute atomic E-state index is 0.304. The smallest absolute Gasteiger partial charge is 0.338 e. The summed E-state index contributed by atoms with van der Waals surface area (Å²) in [6.45, 7) is 5.57. The van der Waals surface area contributed by atoms with E-state index in [9.17, 15) is 9.59 Å². The van der Waals surface area contributed by atoms with Crippen molar-refractivity contribution in [1.29, 1.82) is 0 Å². The molecule has 1 amide bonds. The Morgan fingerprint density at radius 2 is 1.74 bits per heavy atom. The minimum Gasteiger partial charge on any atom is -0.452 e. The van der Waals surface area contributed by atoms with E-state index in [0.717, 1.165) is 17.5 Å². The Labute approximate surface area is 136 Å². The summed E-state index contributed by atoms with van der Waals surface area (Å²) in [6.07, 6.45) is 0.946. The van der Waals surface area contributed by atoms with Gasteiger partial charge in [0.1, 0.15) is 0 Å². The molecule has 0 unspecified atom stereocenters. The Morgan fingerprint density at radius 3 is 2.35 bits per heavy atom. The normalized spacial score (nSPS) is 10.2. The number of benzene rings is 2. The van der Waals surface area contributed by atoms with Gasteiger partial charge in [-0.3, -0.25) is 4.79 Å². The fourth-order valence-corrected chi connectivity index (χ4v) is 2.27. The molecule has 0 saturated carbocycles. The van der Waals surface area contributed by atoms with Gasteiger partial charge in [0.15, 0.2) is 6.61 Å². The molecule has 0 aliphatic rings. The second kappa shape index (κ2) is 7.58. The zero-order chi connectivity index (χ0) is 16.8. The number of ether oxygens (including phenoxy) is 1. The van der Waals surface area contributed by atoms with Crippen LogP contribution in [0.1, 0.15) is 34.0 Å². The van der Waals surface area contributed by atoms with Crippen molar-refractivity contribution in [3.8, 4) is 0 Å². The Balaban J connectivity index is 1.89. The van der Waals surface area contributed by atoms with E-state index < -0.39 is 5.97 Å². The lowest BCUT2D eigenvalue weighted by Gasteiger charge is -2.09. The van der Waals surface area contributed by atoms with Crippen molar-refractivity contribution in [2.24, 2.45) is 0 Å². The summed E-state index contributed by atoms with van der Waals surface area (Å²) in [5.41, 5.74) is 4.28. The first-order valence-electron chi connectivity index (χ1n) is 7.62. The van der Waals surface area contributed by atoms with Crippen LogP contribution in [-0.4, -0.2) is 18.5 Å². The molecular weight excluding hydrogens is 290 g/mol. The highest BCUT2D eigenvalue weighted by atomic mass is 16.5. The number of carbonyl (C=O) groups excluding carboxylic acids is 2. The first kappa shape index (κ1) is 16.7. The predicted octanol–water partition coefficient (Wildman–Crippen LogP) is 3.66. The van der Waals surface area contributed by atoms with Gasteiger partial charge in [0.25, 0.3) is 5.91 Å². The summed E-state index contributed by atoms with van der Waals surface area (Å²) in [4.78, 5) is 23.9. The lowest BCUT2D eigenvalue weighted by Crippen LogP contribution is -2.21. The maximum absolute atomic E-state index is 12.0. The Kier molecular flexibility index (Phi) is 5.52. The van der Waals surface area contributed by atoms with Crippen molar-refractivity contribution in [3.63, 3.8) is 0 Å². The number of anilines is 1. The Hall–Kier alpha value is -2.62. The third-order valence-corrected chi connectivity index (χ3v) is 3.58. The zero-order valence-electron chi connectivity index (χ0n) is 13.7. The van der Waals surface area contributed by atoms with Crippen LogP contribution < -0.4 is 5.32 Å². The summed E-state index contributed by atoms with van der Waals surface area (Å²) in [6, 6.07) is 13.1. The van der Waals surface area contributed by atoms with Gasteiger partial charge in [-0.15, -0.1) is 0 Å². The predicted molar refractivity (Wildman–Crippen MR) is 90.6 cm³/mol. The molecule has 2 aromatic carbocycles. The van der Waals surface area contributed by atoms with Crippen molar-refractivity contribution >= 4 is 17.6 Å². The molecule has 23 heavy (non-hydrogen) atoms. The van der Waals surface area contributed by atoms with Gasteiger partial charge in [-0.25, -0.2) is 4.79 Å². The van der Waals surface area contributed by atoms with Crippen LogP contribution in [0.25, 0.3) is 0 Å². The zero-order valence-corrected chi connectivity index (χ0v) is 13.7. The molecule has 0 heterocycles. The quantitative estimate of drug-likeness (QED) is 0.857. The fraction of sp³-hybridized carbons (Fsp3) is 0.263. The molecule has 1 N–H and O–H groups in total. The van der Waals surface area contributed by atoms with Crippen LogP contribution in [0.15, 0.2) is 42.5 Å². The SMILES string of the molecule is CCc1ccc(NC(=O)COC(=O)c2ccc(C)cc2C)cc1. The average Bonchev–Trinajstić information content (AvgIpc) is 2.53. The van der Waals surface area contributed by atoms with Crippen molar-refractivity contribution in [3.05, 3.63) is 64.7 Å². The summed E-state index contributed by atoms with van der Waals surface area (Å²) >= 11 is 0. The lowest BCUT2D eigenvalue weighted by molar-refractivity contribution is -0.119. The summed E-state index contributed by atoms with van der Waals surface area (Å²) in [5, 5.41) is 2.71. The number of hydrogen-bond acceptors (Lipinski definition) is 3. The standard InChI is InChI=1S/C19H21NO3/c1-4-15-6-8-16(9-7-15)20-18(21)12-23-19(22)17-10-5-13(2)11-14(17)3/h5-11H,4,12H2,1-3H3,(H,20,21). The highest BCUT2D eigenvalue weighted by Crippen LogP contribution is 2.12. The number of esters is 1. The van der Waals surface area contributed by atoms with Crippen molar-refractivity contribution < 1.29 is 14.3 Å². The molecule has 0 radical (unpaired) electrons. The van der Waals surface area contributed by atoms with Crippen LogP contribution in [-0.2, 0) is 16.0 Å². The molecule has 0 atom stereocenters. The van der Waals surface area contributed by atoms with Crippen LogP contribution in [0.4, 0.5) is 5.69 Å². The van der Waals surface area contributed by atoms with Crippen LogP contribution in [0, 0.1) is 13.8 Å². The topological polar surface area (TPSA) is 55.4 Å². The molecule has 0 fully saturated rings. The maximum Gasteiger partial charge on any atom is 0.338 e. The number of nitrogens with one attached hydrogen (secondary N) is 1. The third kappa shape index (κ3) is 4.68. The molecular formula is C19H21NO3. The molecule has 0 bridgehead atoms. The second-order valence-corrected chi connectivity index (χ2v) is 5.49. The van der Waals surface area contributed by atoms with Crippen LogP contribution >= 0.6 is 0 Å². The molecule has 4 nitrogen and oxygen atoms in total. The van der Waals surface area contributed by atoms with E-state index in [2.05, 4.69) is 12.2 Å². The maximum atomic E-state index is 12.0. The molecule has 0 aliphatic carbocycles. The van der Waals surface area contributed by atoms with E-state index in [4.69, 9.17) is 4.74 Å². The number of carbonyl (C=O) groups is 2. The summed E-state index contributed by atoms with van der Waals surface area (Å²) < 4.78 is 5.08. The summed E-state index contributed by atoms with van der Waals surface area (Å²) in [5.74, 6) is -0.841. The van der Waals surface area contributed by atoms with Gasteiger partial charge in [-0.05, 0) is 49.6 Å². The molecule has 0 spiro atoms. The van der Waals surface area contributed by atoms with Gasteiger partial charge in [-0.2, -0.15) is 0 Å².